The molecule has 0 atom stereocenters. The van der Waals surface area contributed by atoms with Gasteiger partial charge in [-0.2, -0.15) is 0 Å². The first-order chi connectivity index (χ1) is 13.7. The second kappa shape index (κ2) is 8.49. The van der Waals surface area contributed by atoms with E-state index in [9.17, 15) is 4.79 Å². The summed E-state index contributed by atoms with van der Waals surface area (Å²) in [5.74, 6) is 0.777. The molecule has 3 rings (SSSR count). The fourth-order valence-corrected chi connectivity index (χ4v) is 3.98. The number of aromatic nitrogens is 1. The summed E-state index contributed by atoms with van der Waals surface area (Å²) in [6.07, 6.45) is 0. The second-order valence-electron chi connectivity index (χ2n) is 8.65. The highest BCUT2D eigenvalue weighted by atomic mass is 16.5. The summed E-state index contributed by atoms with van der Waals surface area (Å²) in [6, 6.07) is 8.01. The first-order valence-electron chi connectivity index (χ1n) is 10.2. The molecule has 0 unspecified atom stereocenters. The summed E-state index contributed by atoms with van der Waals surface area (Å²) in [5, 5.41) is 3.14. The van der Waals surface area contributed by atoms with Gasteiger partial charge in [0.1, 0.15) is 11.4 Å². The zero-order valence-corrected chi connectivity index (χ0v) is 18.5. The molecule has 6 nitrogen and oxygen atoms in total. The van der Waals surface area contributed by atoms with Crippen LogP contribution in [0.15, 0.2) is 24.3 Å². The molecule has 0 saturated carbocycles. The van der Waals surface area contributed by atoms with Gasteiger partial charge in [-0.25, -0.2) is 0 Å². The van der Waals surface area contributed by atoms with E-state index in [1.807, 2.05) is 39.0 Å². The minimum absolute atomic E-state index is 0.0412. The van der Waals surface area contributed by atoms with E-state index in [1.54, 1.807) is 7.11 Å². The van der Waals surface area contributed by atoms with E-state index >= 15 is 0 Å². The Labute approximate surface area is 173 Å². The Balaban J connectivity index is 2.07. The van der Waals surface area contributed by atoms with Crippen molar-refractivity contribution in [3.05, 3.63) is 46.8 Å². The van der Waals surface area contributed by atoms with Gasteiger partial charge in [0.15, 0.2) is 0 Å². The standard InChI is InChI=1S/C23H33N3O3/c1-16-20(25-10-12-29-13-11-25)17(2)26(21(16)22(27)24-23(3,4)5)15-18-8-7-9-19(14-18)28-6/h7-9,14H,10-13,15H2,1-6H3,(H,24,27). The number of morpholine rings is 1. The number of hydrogen-bond acceptors (Lipinski definition) is 4. The molecule has 0 aliphatic carbocycles. The zero-order valence-electron chi connectivity index (χ0n) is 18.5. The van der Waals surface area contributed by atoms with E-state index in [0.29, 0.717) is 19.8 Å². The maximum atomic E-state index is 13.3. The average Bonchev–Trinajstić information content (AvgIpc) is 2.91. The molecule has 158 valence electrons. The van der Waals surface area contributed by atoms with Gasteiger partial charge in [-0.1, -0.05) is 12.1 Å². The molecular formula is C23H33N3O3. The minimum atomic E-state index is -0.304. The molecule has 1 N–H and O–H groups in total. The summed E-state index contributed by atoms with van der Waals surface area (Å²) < 4.78 is 13.0. The van der Waals surface area contributed by atoms with E-state index in [4.69, 9.17) is 9.47 Å². The van der Waals surface area contributed by atoms with Gasteiger partial charge in [-0.3, -0.25) is 4.79 Å². The Hall–Kier alpha value is -2.47. The second-order valence-corrected chi connectivity index (χ2v) is 8.65. The molecule has 2 aromatic rings. The summed E-state index contributed by atoms with van der Waals surface area (Å²) in [6.45, 7) is 13.9. The summed E-state index contributed by atoms with van der Waals surface area (Å²) in [5.41, 5.74) is 4.79. The molecule has 1 saturated heterocycles. The Morgan fingerprint density at radius 1 is 1.21 bits per heavy atom. The number of anilines is 1. The van der Waals surface area contributed by atoms with Crippen molar-refractivity contribution in [3.63, 3.8) is 0 Å². The molecule has 1 aliphatic heterocycles. The Kier molecular flexibility index (Phi) is 6.22. The van der Waals surface area contributed by atoms with Crippen LogP contribution in [0.1, 0.15) is 48.1 Å². The lowest BCUT2D eigenvalue weighted by Crippen LogP contribution is -2.41. The van der Waals surface area contributed by atoms with E-state index in [0.717, 1.165) is 47.0 Å². The first kappa shape index (κ1) is 21.2. The van der Waals surface area contributed by atoms with Crippen molar-refractivity contribution >= 4 is 11.6 Å². The molecule has 6 heteroatoms. The fourth-order valence-electron chi connectivity index (χ4n) is 3.98. The maximum absolute atomic E-state index is 13.3. The number of methoxy groups -OCH3 is 1. The lowest BCUT2D eigenvalue weighted by atomic mass is 10.1. The van der Waals surface area contributed by atoms with Crippen LogP contribution in [0.25, 0.3) is 0 Å². The van der Waals surface area contributed by atoms with Gasteiger partial charge in [0.2, 0.25) is 0 Å². The average molecular weight is 400 g/mol. The highest BCUT2D eigenvalue weighted by molar-refractivity contribution is 5.97. The highest BCUT2D eigenvalue weighted by Crippen LogP contribution is 2.32. The number of ether oxygens (including phenoxy) is 2. The van der Waals surface area contributed by atoms with Crippen LogP contribution in [0.3, 0.4) is 0 Å². The lowest BCUT2D eigenvalue weighted by molar-refractivity contribution is 0.0909. The van der Waals surface area contributed by atoms with Gasteiger partial charge < -0.3 is 24.3 Å². The Bertz CT molecular complexity index is 874. The van der Waals surface area contributed by atoms with Crippen molar-refractivity contribution in [2.24, 2.45) is 0 Å². The summed E-state index contributed by atoms with van der Waals surface area (Å²) in [4.78, 5) is 15.6. The minimum Gasteiger partial charge on any atom is -0.497 e. The molecule has 2 heterocycles. The van der Waals surface area contributed by atoms with Gasteiger partial charge >= 0.3 is 0 Å². The predicted octanol–water partition coefficient (Wildman–Crippen LogP) is 3.53. The molecule has 1 aromatic heterocycles. The van der Waals surface area contributed by atoms with Gasteiger partial charge in [0, 0.05) is 36.4 Å². The molecule has 1 fully saturated rings. The van der Waals surface area contributed by atoms with Crippen LogP contribution in [0.5, 0.6) is 5.75 Å². The van der Waals surface area contributed by atoms with Crippen LogP contribution < -0.4 is 15.0 Å². The zero-order chi connectivity index (χ0) is 21.2. The smallest absolute Gasteiger partial charge is 0.268 e. The number of benzene rings is 1. The largest absolute Gasteiger partial charge is 0.497 e. The van der Waals surface area contributed by atoms with Gasteiger partial charge in [0.05, 0.1) is 26.0 Å². The van der Waals surface area contributed by atoms with Crippen LogP contribution >= 0.6 is 0 Å². The number of nitrogens with zero attached hydrogens (tertiary/aromatic N) is 2. The molecule has 0 radical (unpaired) electrons. The van der Waals surface area contributed by atoms with Gasteiger partial charge in [0.25, 0.3) is 5.91 Å². The van der Waals surface area contributed by atoms with Crippen molar-refractivity contribution in [2.45, 2.75) is 46.7 Å². The van der Waals surface area contributed by atoms with E-state index < -0.39 is 0 Å². The lowest BCUT2D eigenvalue weighted by Gasteiger charge is -2.29. The Morgan fingerprint density at radius 3 is 2.52 bits per heavy atom. The number of rotatable bonds is 5. The summed E-state index contributed by atoms with van der Waals surface area (Å²) in [7, 11) is 1.67. The highest BCUT2D eigenvalue weighted by Gasteiger charge is 2.28. The van der Waals surface area contributed by atoms with Crippen molar-refractivity contribution < 1.29 is 14.3 Å². The van der Waals surface area contributed by atoms with Crippen molar-refractivity contribution in [1.29, 1.82) is 0 Å². The third kappa shape index (κ3) is 4.75. The van der Waals surface area contributed by atoms with Crippen LogP contribution in [-0.2, 0) is 11.3 Å². The van der Waals surface area contributed by atoms with Crippen molar-refractivity contribution in [1.82, 2.24) is 9.88 Å². The number of hydrogen-bond donors (Lipinski definition) is 1. The van der Waals surface area contributed by atoms with E-state index in [2.05, 4.69) is 34.7 Å². The monoisotopic (exact) mass is 399 g/mol. The summed E-state index contributed by atoms with van der Waals surface area (Å²) >= 11 is 0. The van der Waals surface area contributed by atoms with Gasteiger partial charge in [-0.15, -0.1) is 0 Å². The predicted molar refractivity (Wildman–Crippen MR) is 116 cm³/mol. The fraction of sp³-hybridized carbons (Fsp3) is 0.522. The van der Waals surface area contributed by atoms with Crippen LogP contribution in [0, 0.1) is 13.8 Å². The topological polar surface area (TPSA) is 55.7 Å². The molecular weight excluding hydrogens is 366 g/mol. The Morgan fingerprint density at radius 2 is 1.90 bits per heavy atom. The van der Waals surface area contributed by atoms with Crippen LogP contribution in [-0.4, -0.2) is 49.4 Å². The molecule has 0 spiro atoms. The van der Waals surface area contributed by atoms with Gasteiger partial charge in [-0.05, 0) is 52.3 Å². The molecule has 0 bridgehead atoms. The number of carbonyl (C=O) groups is 1. The van der Waals surface area contributed by atoms with E-state index in [-0.39, 0.29) is 11.4 Å². The normalized spacial score (nSPS) is 14.8. The maximum Gasteiger partial charge on any atom is 0.268 e. The third-order valence-corrected chi connectivity index (χ3v) is 5.23. The molecule has 1 aliphatic rings. The molecule has 1 amide bonds. The number of nitrogens with one attached hydrogen (secondary N) is 1. The van der Waals surface area contributed by atoms with Crippen molar-refractivity contribution in [3.8, 4) is 5.75 Å². The van der Waals surface area contributed by atoms with E-state index in [1.165, 1.54) is 0 Å². The number of carbonyl (C=O) groups excluding carboxylic acids is 1. The molecule has 29 heavy (non-hydrogen) atoms. The quantitative estimate of drug-likeness (QED) is 0.836. The van der Waals surface area contributed by atoms with Crippen LogP contribution in [0.4, 0.5) is 5.69 Å². The SMILES string of the molecule is COc1cccc(Cn2c(C)c(N3CCOCC3)c(C)c2C(=O)NC(C)(C)C)c1. The number of amides is 1. The first-order valence-corrected chi connectivity index (χ1v) is 10.2. The molecule has 1 aromatic carbocycles. The van der Waals surface area contributed by atoms with Crippen molar-refractivity contribution in [2.75, 3.05) is 38.3 Å². The van der Waals surface area contributed by atoms with Crippen LogP contribution in [0.2, 0.25) is 0 Å². The third-order valence-electron chi connectivity index (χ3n) is 5.23.